The SMILES string of the molecule is CCOC(=O)CSCc1ccc(OC)c(Br)c1. The maximum atomic E-state index is 11.1. The van der Waals surface area contributed by atoms with Crippen LogP contribution in [0.3, 0.4) is 0 Å². The molecular formula is C12H15BrO3S. The molecule has 0 heterocycles. The van der Waals surface area contributed by atoms with E-state index in [0.717, 1.165) is 21.5 Å². The van der Waals surface area contributed by atoms with Gasteiger partial charge < -0.3 is 9.47 Å². The minimum atomic E-state index is -0.162. The predicted molar refractivity (Wildman–Crippen MR) is 73.5 cm³/mol. The van der Waals surface area contributed by atoms with Crippen LogP contribution in [0.25, 0.3) is 0 Å². The Hall–Kier alpha value is -0.680. The highest BCUT2D eigenvalue weighted by atomic mass is 79.9. The fourth-order valence-corrected chi connectivity index (χ4v) is 2.61. The third-order valence-corrected chi connectivity index (χ3v) is 3.61. The number of thioether (sulfide) groups is 1. The first-order valence-corrected chi connectivity index (χ1v) is 7.18. The van der Waals surface area contributed by atoms with Crippen LogP contribution in [-0.4, -0.2) is 25.4 Å². The van der Waals surface area contributed by atoms with Gasteiger partial charge in [-0.05, 0) is 40.5 Å². The highest BCUT2D eigenvalue weighted by molar-refractivity contribution is 9.10. The van der Waals surface area contributed by atoms with Gasteiger partial charge in [-0.25, -0.2) is 0 Å². The molecule has 1 aromatic rings. The molecule has 0 aliphatic rings. The fourth-order valence-electron chi connectivity index (χ4n) is 1.25. The van der Waals surface area contributed by atoms with Crippen molar-refractivity contribution in [1.82, 2.24) is 0 Å². The summed E-state index contributed by atoms with van der Waals surface area (Å²) in [5, 5.41) is 0. The van der Waals surface area contributed by atoms with Crippen LogP contribution in [0, 0.1) is 0 Å². The van der Waals surface area contributed by atoms with Crippen molar-refractivity contribution >= 4 is 33.7 Å². The number of hydrogen-bond acceptors (Lipinski definition) is 4. The highest BCUT2D eigenvalue weighted by Gasteiger charge is 2.04. The Morgan fingerprint density at radius 1 is 1.47 bits per heavy atom. The van der Waals surface area contributed by atoms with E-state index >= 15 is 0 Å². The zero-order valence-electron chi connectivity index (χ0n) is 9.86. The first-order chi connectivity index (χ1) is 8.17. The van der Waals surface area contributed by atoms with Crippen LogP contribution in [0.5, 0.6) is 5.75 Å². The van der Waals surface area contributed by atoms with Gasteiger partial charge in [-0.1, -0.05) is 6.07 Å². The van der Waals surface area contributed by atoms with E-state index in [1.165, 1.54) is 0 Å². The lowest BCUT2D eigenvalue weighted by molar-refractivity contribution is -0.139. The minimum Gasteiger partial charge on any atom is -0.496 e. The molecule has 0 spiro atoms. The zero-order valence-corrected chi connectivity index (χ0v) is 12.3. The predicted octanol–water partition coefficient (Wildman–Crippen LogP) is 3.25. The molecular weight excluding hydrogens is 304 g/mol. The number of rotatable bonds is 6. The van der Waals surface area contributed by atoms with Crippen molar-refractivity contribution in [2.24, 2.45) is 0 Å². The zero-order chi connectivity index (χ0) is 12.7. The maximum absolute atomic E-state index is 11.1. The number of carbonyl (C=O) groups excluding carboxylic acids is 1. The van der Waals surface area contributed by atoms with E-state index in [1.807, 2.05) is 25.1 Å². The third-order valence-electron chi connectivity index (χ3n) is 2.01. The van der Waals surface area contributed by atoms with Crippen LogP contribution in [0.4, 0.5) is 0 Å². The van der Waals surface area contributed by atoms with E-state index in [9.17, 15) is 4.79 Å². The molecule has 1 rings (SSSR count). The molecule has 0 saturated carbocycles. The van der Waals surface area contributed by atoms with Gasteiger partial charge in [0.05, 0.1) is 23.9 Å². The Kier molecular flexibility index (Phi) is 6.44. The van der Waals surface area contributed by atoms with Crippen molar-refractivity contribution in [3.8, 4) is 5.75 Å². The van der Waals surface area contributed by atoms with Crippen LogP contribution in [0.1, 0.15) is 12.5 Å². The molecule has 0 aliphatic heterocycles. The van der Waals surface area contributed by atoms with Gasteiger partial charge in [0, 0.05) is 5.75 Å². The van der Waals surface area contributed by atoms with E-state index in [4.69, 9.17) is 9.47 Å². The Balaban J connectivity index is 2.42. The van der Waals surface area contributed by atoms with Gasteiger partial charge in [-0.3, -0.25) is 4.79 Å². The molecule has 0 aromatic heterocycles. The van der Waals surface area contributed by atoms with Crippen molar-refractivity contribution in [3.05, 3.63) is 28.2 Å². The number of halogens is 1. The van der Waals surface area contributed by atoms with Gasteiger partial charge in [0.15, 0.2) is 0 Å². The van der Waals surface area contributed by atoms with Gasteiger partial charge >= 0.3 is 5.97 Å². The third kappa shape index (κ3) is 5.00. The first-order valence-electron chi connectivity index (χ1n) is 5.23. The van der Waals surface area contributed by atoms with Gasteiger partial charge in [-0.2, -0.15) is 0 Å². The minimum absolute atomic E-state index is 0.162. The Morgan fingerprint density at radius 3 is 2.82 bits per heavy atom. The molecule has 0 radical (unpaired) electrons. The molecule has 0 atom stereocenters. The average Bonchev–Trinajstić information content (AvgIpc) is 2.29. The second-order valence-corrected chi connectivity index (χ2v) is 5.11. The Bertz CT molecular complexity index is 382. The second kappa shape index (κ2) is 7.61. The monoisotopic (exact) mass is 318 g/mol. The normalized spacial score (nSPS) is 10.1. The molecule has 0 unspecified atom stereocenters. The summed E-state index contributed by atoms with van der Waals surface area (Å²) in [7, 11) is 1.63. The van der Waals surface area contributed by atoms with Crippen LogP contribution in [-0.2, 0) is 15.3 Å². The Labute approximate surface area is 114 Å². The lowest BCUT2D eigenvalue weighted by Gasteiger charge is -2.06. The largest absolute Gasteiger partial charge is 0.496 e. The quantitative estimate of drug-likeness (QED) is 0.754. The van der Waals surface area contributed by atoms with E-state index in [1.54, 1.807) is 18.9 Å². The van der Waals surface area contributed by atoms with E-state index in [0.29, 0.717) is 12.4 Å². The molecule has 1 aromatic carbocycles. The van der Waals surface area contributed by atoms with Crippen molar-refractivity contribution in [2.45, 2.75) is 12.7 Å². The van der Waals surface area contributed by atoms with E-state index in [-0.39, 0.29) is 5.97 Å². The standard InChI is InChI=1S/C12H15BrO3S/c1-3-16-12(14)8-17-7-9-4-5-11(15-2)10(13)6-9/h4-6H,3,7-8H2,1-2H3. The lowest BCUT2D eigenvalue weighted by atomic mass is 10.2. The highest BCUT2D eigenvalue weighted by Crippen LogP contribution is 2.27. The molecule has 5 heteroatoms. The summed E-state index contributed by atoms with van der Waals surface area (Å²) >= 11 is 4.97. The van der Waals surface area contributed by atoms with Gasteiger partial charge in [0.2, 0.25) is 0 Å². The van der Waals surface area contributed by atoms with Crippen LogP contribution in [0.15, 0.2) is 22.7 Å². The topological polar surface area (TPSA) is 35.5 Å². The van der Waals surface area contributed by atoms with E-state index < -0.39 is 0 Å². The van der Waals surface area contributed by atoms with Gasteiger partial charge in [0.25, 0.3) is 0 Å². The number of esters is 1. The van der Waals surface area contributed by atoms with Crippen molar-refractivity contribution in [1.29, 1.82) is 0 Å². The number of methoxy groups -OCH3 is 1. The summed E-state index contributed by atoms with van der Waals surface area (Å²) in [6.45, 7) is 2.25. The molecule has 17 heavy (non-hydrogen) atoms. The van der Waals surface area contributed by atoms with Gasteiger partial charge in [0.1, 0.15) is 5.75 Å². The molecule has 0 amide bonds. The summed E-state index contributed by atoms with van der Waals surface area (Å²) < 4.78 is 10.9. The second-order valence-electron chi connectivity index (χ2n) is 3.27. The smallest absolute Gasteiger partial charge is 0.315 e. The van der Waals surface area contributed by atoms with E-state index in [2.05, 4.69) is 15.9 Å². The number of hydrogen-bond donors (Lipinski definition) is 0. The molecule has 0 N–H and O–H groups in total. The maximum Gasteiger partial charge on any atom is 0.315 e. The summed E-state index contributed by atoms with van der Waals surface area (Å²) in [5.41, 5.74) is 1.15. The molecule has 0 fully saturated rings. The number of ether oxygens (including phenoxy) is 2. The molecule has 0 aliphatic carbocycles. The fraction of sp³-hybridized carbons (Fsp3) is 0.417. The van der Waals surface area contributed by atoms with Crippen LogP contribution < -0.4 is 4.74 Å². The first kappa shape index (κ1) is 14.4. The summed E-state index contributed by atoms with van der Waals surface area (Å²) in [6, 6.07) is 5.89. The molecule has 0 saturated heterocycles. The van der Waals surface area contributed by atoms with Gasteiger partial charge in [-0.15, -0.1) is 11.8 Å². The average molecular weight is 319 g/mol. The van der Waals surface area contributed by atoms with Crippen molar-refractivity contribution < 1.29 is 14.3 Å². The van der Waals surface area contributed by atoms with Crippen molar-refractivity contribution in [3.63, 3.8) is 0 Å². The van der Waals surface area contributed by atoms with Crippen molar-refractivity contribution in [2.75, 3.05) is 19.5 Å². The van der Waals surface area contributed by atoms with Crippen LogP contribution in [0.2, 0.25) is 0 Å². The lowest BCUT2D eigenvalue weighted by Crippen LogP contribution is -2.06. The molecule has 94 valence electrons. The summed E-state index contributed by atoms with van der Waals surface area (Å²) in [6.07, 6.45) is 0. The summed E-state index contributed by atoms with van der Waals surface area (Å²) in [5.74, 6) is 1.81. The van der Waals surface area contributed by atoms with Crippen LogP contribution >= 0.6 is 27.7 Å². The number of carbonyl (C=O) groups is 1. The Morgan fingerprint density at radius 2 is 2.24 bits per heavy atom. The molecule has 3 nitrogen and oxygen atoms in total. The number of benzene rings is 1. The summed E-state index contributed by atoms with van der Waals surface area (Å²) in [4.78, 5) is 11.1. The molecule has 0 bridgehead atoms.